The number of carboxylic acid groups (broad SMARTS) is 1. The molecule has 1 aliphatic carbocycles. The van der Waals surface area contributed by atoms with Gasteiger partial charge in [0.25, 0.3) is 0 Å². The van der Waals surface area contributed by atoms with Gasteiger partial charge in [-0.25, -0.2) is 0 Å². The molecule has 0 saturated heterocycles. The molecule has 1 amide bonds. The standard InChI is InChI=1S/C11H19NO3/c1-8(2)4-3-7-12-9(13)11(5-6-11)10(14)15/h8H,3-7H2,1-2H3,(H,12,13)(H,14,15). The van der Waals surface area contributed by atoms with Crippen molar-refractivity contribution in [3.63, 3.8) is 0 Å². The molecule has 0 unspecified atom stereocenters. The van der Waals surface area contributed by atoms with E-state index in [0.29, 0.717) is 25.3 Å². The first-order valence-corrected chi connectivity index (χ1v) is 5.51. The number of hydrogen-bond acceptors (Lipinski definition) is 2. The van der Waals surface area contributed by atoms with E-state index >= 15 is 0 Å². The molecule has 15 heavy (non-hydrogen) atoms. The van der Waals surface area contributed by atoms with E-state index in [9.17, 15) is 9.59 Å². The van der Waals surface area contributed by atoms with Gasteiger partial charge < -0.3 is 10.4 Å². The van der Waals surface area contributed by atoms with Crippen LogP contribution in [0.1, 0.15) is 39.5 Å². The maximum atomic E-state index is 11.5. The Morgan fingerprint density at radius 2 is 2.00 bits per heavy atom. The minimum atomic E-state index is -1.09. The molecule has 0 aromatic rings. The van der Waals surface area contributed by atoms with Crippen molar-refractivity contribution in [1.29, 1.82) is 0 Å². The van der Waals surface area contributed by atoms with Gasteiger partial charge in [-0.05, 0) is 31.6 Å². The number of carboxylic acids is 1. The van der Waals surface area contributed by atoms with E-state index in [1.165, 1.54) is 0 Å². The second kappa shape index (κ2) is 4.64. The van der Waals surface area contributed by atoms with Gasteiger partial charge in [0.1, 0.15) is 5.41 Å². The smallest absolute Gasteiger partial charge is 0.319 e. The fourth-order valence-corrected chi connectivity index (χ4v) is 1.54. The number of hydrogen-bond donors (Lipinski definition) is 2. The first kappa shape index (κ1) is 12.0. The molecule has 2 N–H and O–H groups in total. The summed E-state index contributed by atoms with van der Waals surface area (Å²) in [6.07, 6.45) is 2.94. The Balaban J connectivity index is 2.22. The minimum absolute atomic E-state index is 0.307. The van der Waals surface area contributed by atoms with Crippen LogP contribution in [0.3, 0.4) is 0 Å². The van der Waals surface area contributed by atoms with Crippen molar-refractivity contribution in [2.24, 2.45) is 11.3 Å². The van der Waals surface area contributed by atoms with Gasteiger partial charge in [0.2, 0.25) is 5.91 Å². The summed E-state index contributed by atoms with van der Waals surface area (Å²) in [4.78, 5) is 22.3. The molecule has 86 valence electrons. The lowest BCUT2D eigenvalue weighted by Gasteiger charge is -2.11. The molecule has 1 fully saturated rings. The highest BCUT2D eigenvalue weighted by Gasteiger charge is 2.56. The quantitative estimate of drug-likeness (QED) is 0.517. The van der Waals surface area contributed by atoms with Crippen molar-refractivity contribution in [3.05, 3.63) is 0 Å². The van der Waals surface area contributed by atoms with Crippen molar-refractivity contribution in [2.75, 3.05) is 6.54 Å². The highest BCUT2D eigenvalue weighted by Crippen LogP contribution is 2.45. The second-order valence-electron chi connectivity index (χ2n) is 4.68. The minimum Gasteiger partial charge on any atom is -0.480 e. The molecule has 1 saturated carbocycles. The first-order valence-electron chi connectivity index (χ1n) is 5.51. The second-order valence-corrected chi connectivity index (χ2v) is 4.68. The van der Waals surface area contributed by atoms with Gasteiger partial charge in [-0.3, -0.25) is 9.59 Å². The molecule has 0 aromatic carbocycles. The van der Waals surface area contributed by atoms with Crippen molar-refractivity contribution < 1.29 is 14.7 Å². The van der Waals surface area contributed by atoms with Gasteiger partial charge >= 0.3 is 5.97 Å². The number of carbonyl (C=O) groups excluding carboxylic acids is 1. The van der Waals surface area contributed by atoms with E-state index in [-0.39, 0.29) is 5.91 Å². The van der Waals surface area contributed by atoms with Crippen molar-refractivity contribution >= 4 is 11.9 Å². The molecule has 0 heterocycles. The van der Waals surface area contributed by atoms with Crippen LogP contribution in [0.15, 0.2) is 0 Å². The molecular weight excluding hydrogens is 194 g/mol. The molecule has 0 aliphatic heterocycles. The summed E-state index contributed by atoms with van der Waals surface area (Å²) in [5.74, 6) is -0.668. The maximum Gasteiger partial charge on any atom is 0.319 e. The molecular formula is C11H19NO3. The molecule has 4 heteroatoms. The lowest BCUT2D eigenvalue weighted by molar-refractivity contribution is -0.149. The van der Waals surface area contributed by atoms with Gasteiger partial charge in [0.05, 0.1) is 0 Å². The third-order valence-corrected chi connectivity index (χ3v) is 2.84. The topological polar surface area (TPSA) is 66.4 Å². The fourth-order valence-electron chi connectivity index (χ4n) is 1.54. The van der Waals surface area contributed by atoms with Crippen LogP contribution in [0.4, 0.5) is 0 Å². The predicted octanol–water partition coefficient (Wildman–Crippen LogP) is 1.40. The van der Waals surface area contributed by atoms with E-state index < -0.39 is 11.4 Å². The van der Waals surface area contributed by atoms with E-state index in [1.807, 2.05) is 0 Å². The molecule has 4 nitrogen and oxygen atoms in total. The largest absolute Gasteiger partial charge is 0.480 e. The zero-order chi connectivity index (χ0) is 11.5. The van der Waals surface area contributed by atoms with Crippen LogP contribution in [-0.2, 0) is 9.59 Å². The highest BCUT2D eigenvalue weighted by molar-refractivity contribution is 6.04. The van der Waals surface area contributed by atoms with Crippen LogP contribution in [0.2, 0.25) is 0 Å². The number of carbonyl (C=O) groups is 2. The van der Waals surface area contributed by atoms with Crippen LogP contribution < -0.4 is 5.32 Å². The van der Waals surface area contributed by atoms with Gasteiger partial charge in [-0.1, -0.05) is 13.8 Å². The SMILES string of the molecule is CC(C)CCCNC(=O)C1(C(=O)O)CC1. The van der Waals surface area contributed by atoms with Gasteiger partial charge in [0, 0.05) is 6.54 Å². The number of amides is 1. The molecule has 0 spiro atoms. The number of rotatable bonds is 6. The lowest BCUT2D eigenvalue weighted by Crippen LogP contribution is -2.37. The predicted molar refractivity (Wildman–Crippen MR) is 56.4 cm³/mol. The molecule has 0 atom stereocenters. The first-order chi connectivity index (χ1) is 6.99. The molecule has 0 bridgehead atoms. The fraction of sp³-hybridized carbons (Fsp3) is 0.818. The third kappa shape index (κ3) is 2.94. The van der Waals surface area contributed by atoms with Gasteiger partial charge in [-0.15, -0.1) is 0 Å². The van der Waals surface area contributed by atoms with Crippen LogP contribution in [0.5, 0.6) is 0 Å². The maximum absolute atomic E-state index is 11.5. The van der Waals surface area contributed by atoms with Crippen molar-refractivity contribution in [2.45, 2.75) is 39.5 Å². The van der Waals surface area contributed by atoms with E-state index in [4.69, 9.17) is 5.11 Å². The summed E-state index contributed by atoms with van der Waals surface area (Å²) < 4.78 is 0. The third-order valence-electron chi connectivity index (χ3n) is 2.84. The monoisotopic (exact) mass is 213 g/mol. The molecule has 0 radical (unpaired) electrons. The summed E-state index contributed by atoms with van der Waals surface area (Å²) in [6, 6.07) is 0. The Kier molecular flexibility index (Phi) is 3.72. The van der Waals surface area contributed by atoms with Crippen LogP contribution >= 0.6 is 0 Å². The molecule has 1 rings (SSSR count). The Labute approximate surface area is 90.0 Å². The average Bonchev–Trinajstić information content (AvgIpc) is 2.92. The van der Waals surface area contributed by atoms with Crippen molar-refractivity contribution in [1.82, 2.24) is 5.32 Å². The van der Waals surface area contributed by atoms with E-state index in [2.05, 4.69) is 19.2 Å². The Morgan fingerprint density at radius 3 is 2.40 bits per heavy atom. The molecule has 0 aromatic heterocycles. The molecule has 1 aliphatic rings. The Bertz CT molecular complexity index is 257. The normalized spacial score (nSPS) is 17.5. The Morgan fingerprint density at radius 1 is 1.40 bits per heavy atom. The van der Waals surface area contributed by atoms with Crippen LogP contribution in [0.25, 0.3) is 0 Å². The number of aliphatic carboxylic acids is 1. The number of nitrogens with one attached hydrogen (secondary N) is 1. The van der Waals surface area contributed by atoms with Gasteiger partial charge in [-0.2, -0.15) is 0 Å². The van der Waals surface area contributed by atoms with Crippen LogP contribution in [0, 0.1) is 11.3 Å². The summed E-state index contributed by atoms with van der Waals surface area (Å²) in [5, 5.41) is 11.6. The van der Waals surface area contributed by atoms with Gasteiger partial charge in [0.15, 0.2) is 0 Å². The van der Waals surface area contributed by atoms with E-state index in [0.717, 1.165) is 12.8 Å². The summed E-state index contributed by atoms with van der Waals surface area (Å²) >= 11 is 0. The Hall–Kier alpha value is -1.06. The summed E-state index contributed by atoms with van der Waals surface area (Å²) in [5.41, 5.74) is -1.09. The summed E-state index contributed by atoms with van der Waals surface area (Å²) in [7, 11) is 0. The van der Waals surface area contributed by atoms with Crippen molar-refractivity contribution in [3.8, 4) is 0 Å². The zero-order valence-electron chi connectivity index (χ0n) is 9.38. The summed E-state index contributed by atoms with van der Waals surface area (Å²) in [6.45, 7) is 4.84. The lowest BCUT2D eigenvalue weighted by atomic mass is 10.1. The average molecular weight is 213 g/mol. The van der Waals surface area contributed by atoms with E-state index in [1.54, 1.807) is 0 Å². The zero-order valence-corrected chi connectivity index (χ0v) is 9.38. The highest BCUT2D eigenvalue weighted by atomic mass is 16.4. The van der Waals surface area contributed by atoms with Crippen LogP contribution in [-0.4, -0.2) is 23.5 Å².